The molecule has 0 aromatic rings. The zero-order valence-corrected chi connectivity index (χ0v) is 8.24. The molecular formula is C7H13O5P. The quantitative estimate of drug-likeness (QED) is 0.657. The average Bonchev–Trinajstić information content (AvgIpc) is 1.94. The van der Waals surface area contributed by atoms with E-state index in [9.17, 15) is 9.36 Å². The van der Waals surface area contributed by atoms with E-state index in [0.717, 1.165) is 0 Å². The maximum absolute atomic E-state index is 11.1. The second-order valence-corrected chi connectivity index (χ2v) is 4.55. The fourth-order valence-corrected chi connectivity index (χ4v) is 2.06. The highest BCUT2D eigenvalue weighted by Crippen LogP contribution is 2.41. The van der Waals surface area contributed by atoms with E-state index in [2.05, 4.69) is 4.52 Å². The van der Waals surface area contributed by atoms with Crippen LogP contribution in [0.4, 0.5) is 0 Å². The monoisotopic (exact) mass is 208 g/mol. The Morgan fingerprint density at radius 2 is 2.15 bits per heavy atom. The summed E-state index contributed by atoms with van der Waals surface area (Å²) in [5.41, 5.74) is 0. The molecule has 6 heteroatoms. The molecule has 2 atom stereocenters. The van der Waals surface area contributed by atoms with E-state index in [1.807, 2.05) is 0 Å². The molecule has 1 saturated carbocycles. The molecule has 0 heterocycles. The van der Waals surface area contributed by atoms with Crippen molar-refractivity contribution in [1.29, 1.82) is 0 Å². The maximum atomic E-state index is 11.1. The summed E-state index contributed by atoms with van der Waals surface area (Å²) in [7, 11) is -4.39. The largest absolute Gasteiger partial charge is 0.469 e. The van der Waals surface area contributed by atoms with Crippen molar-refractivity contribution in [2.24, 2.45) is 5.92 Å². The van der Waals surface area contributed by atoms with Crippen LogP contribution in [0.1, 0.15) is 26.2 Å². The standard InChI is InChI=1S/C7H13O5P/c1-5-4-6(2-3-7(5)8)12-13(9,10)11/h5-6H,2-4H2,1H3,(H2,9,10,11)/t5-,6+/m0/s1. The summed E-state index contributed by atoms with van der Waals surface area (Å²) in [4.78, 5) is 28.1. The van der Waals surface area contributed by atoms with Crippen molar-refractivity contribution >= 4 is 13.6 Å². The second-order valence-electron chi connectivity index (χ2n) is 3.36. The zero-order chi connectivity index (χ0) is 10.1. The van der Waals surface area contributed by atoms with Gasteiger partial charge in [0.1, 0.15) is 5.78 Å². The van der Waals surface area contributed by atoms with Crippen LogP contribution in [0.15, 0.2) is 0 Å². The molecule has 0 aromatic heterocycles. The van der Waals surface area contributed by atoms with Gasteiger partial charge < -0.3 is 9.79 Å². The van der Waals surface area contributed by atoms with Gasteiger partial charge in [-0.15, -0.1) is 0 Å². The minimum atomic E-state index is -4.39. The summed E-state index contributed by atoms with van der Waals surface area (Å²) in [6.07, 6.45) is 0.692. The molecule has 13 heavy (non-hydrogen) atoms. The normalized spacial score (nSPS) is 30.5. The van der Waals surface area contributed by atoms with E-state index in [-0.39, 0.29) is 11.7 Å². The van der Waals surface area contributed by atoms with Crippen LogP contribution in [0.25, 0.3) is 0 Å². The van der Waals surface area contributed by atoms with Crippen molar-refractivity contribution < 1.29 is 23.7 Å². The Labute approximate surface area is 76.3 Å². The summed E-state index contributed by atoms with van der Waals surface area (Å²) in [6.45, 7) is 1.75. The number of carbonyl (C=O) groups is 1. The van der Waals surface area contributed by atoms with Gasteiger partial charge in [0.25, 0.3) is 0 Å². The van der Waals surface area contributed by atoms with Gasteiger partial charge in [0.15, 0.2) is 0 Å². The van der Waals surface area contributed by atoms with E-state index in [1.165, 1.54) is 0 Å². The number of phosphoric ester groups is 1. The minimum Gasteiger partial charge on any atom is -0.303 e. The van der Waals surface area contributed by atoms with Crippen molar-refractivity contribution in [3.63, 3.8) is 0 Å². The van der Waals surface area contributed by atoms with Gasteiger partial charge in [0.2, 0.25) is 0 Å². The summed E-state index contributed by atoms with van der Waals surface area (Å²) >= 11 is 0. The first kappa shape index (κ1) is 10.9. The van der Waals surface area contributed by atoms with Gasteiger partial charge in [-0.2, -0.15) is 0 Å². The van der Waals surface area contributed by atoms with E-state index < -0.39 is 13.9 Å². The molecule has 0 saturated heterocycles. The first-order valence-corrected chi connectivity index (χ1v) is 5.68. The van der Waals surface area contributed by atoms with E-state index in [1.54, 1.807) is 6.92 Å². The molecule has 0 radical (unpaired) electrons. The Bertz CT molecular complexity index is 245. The lowest BCUT2D eigenvalue weighted by molar-refractivity contribution is -0.126. The van der Waals surface area contributed by atoms with Crippen molar-refractivity contribution in [2.75, 3.05) is 0 Å². The van der Waals surface area contributed by atoms with Crippen LogP contribution in [0.5, 0.6) is 0 Å². The lowest BCUT2D eigenvalue weighted by Crippen LogP contribution is -2.27. The predicted molar refractivity (Wildman–Crippen MR) is 44.9 cm³/mol. The highest BCUT2D eigenvalue weighted by atomic mass is 31.2. The number of rotatable bonds is 2. The topological polar surface area (TPSA) is 83.8 Å². The van der Waals surface area contributed by atoms with E-state index in [4.69, 9.17) is 9.79 Å². The Kier molecular flexibility index (Phi) is 3.24. The molecular weight excluding hydrogens is 195 g/mol. The van der Waals surface area contributed by atoms with Crippen LogP contribution >= 0.6 is 7.82 Å². The number of carbonyl (C=O) groups excluding carboxylic acids is 1. The van der Waals surface area contributed by atoms with Crippen LogP contribution in [-0.4, -0.2) is 21.7 Å². The highest BCUT2D eigenvalue weighted by molar-refractivity contribution is 7.46. The molecule has 0 unspecified atom stereocenters. The van der Waals surface area contributed by atoms with E-state index >= 15 is 0 Å². The SMILES string of the molecule is C[C@H]1C[C@H](OP(=O)(O)O)CCC1=O. The van der Waals surface area contributed by atoms with Crippen molar-refractivity contribution in [2.45, 2.75) is 32.3 Å². The molecule has 0 aromatic carbocycles. The van der Waals surface area contributed by atoms with Crippen molar-refractivity contribution in [1.82, 2.24) is 0 Å². The zero-order valence-electron chi connectivity index (χ0n) is 7.34. The molecule has 76 valence electrons. The predicted octanol–water partition coefficient (Wildman–Crippen LogP) is 0.853. The molecule has 5 nitrogen and oxygen atoms in total. The molecule has 0 spiro atoms. The lowest BCUT2D eigenvalue weighted by Gasteiger charge is -2.25. The Morgan fingerprint density at radius 1 is 1.54 bits per heavy atom. The molecule has 1 aliphatic rings. The van der Waals surface area contributed by atoms with Gasteiger partial charge in [0, 0.05) is 12.3 Å². The number of hydrogen-bond donors (Lipinski definition) is 2. The van der Waals surface area contributed by atoms with Crippen LogP contribution in [0, 0.1) is 5.92 Å². The Balaban J connectivity index is 2.47. The summed E-state index contributed by atoms with van der Waals surface area (Å²) in [5, 5.41) is 0. The summed E-state index contributed by atoms with van der Waals surface area (Å²) < 4.78 is 15.0. The molecule has 0 aliphatic heterocycles. The van der Waals surface area contributed by atoms with Gasteiger partial charge in [0.05, 0.1) is 6.10 Å². The Hall–Kier alpha value is -0.220. The summed E-state index contributed by atoms with van der Waals surface area (Å²) in [6, 6.07) is 0. The van der Waals surface area contributed by atoms with Crippen molar-refractivity contribution in [3.05, 3.63) is 0 Å². The van der Waals surface area contributed by atoms with Gasteiger partial charge in [-0.25, -0.2) is 4.57 Å². The van der Waals surface area contributed by atoms with Crippen LogP contribution in [-0.2, 0) is 13.9 Å². The first-order chi connectivity index (χ1) is 5.88. The van der Waals surface area contributed by atoms with Gasteiger partial charge in [-0.1, -0.05) is 6.92 Å². The smallest absolute Gasteiger partial charge is 0.303 e. The molecule has 1 fully saturated rings. The van der Waals surface area contributed by atoms with Crippen molar-refractivity contribution in [3.8, 4) is 0 Å². The minimum absolute atomic E-state index is 0.144. The third-order valence-electron chi connectivity index (χ3n) is 2.17. The fraction of sp³-hybridized carbons (Fsp3) is 0.857. The molecule has 0 amide bonds. The molecule has 2 N–H and O–H groups in total. The number of phosphoric acid groups is 1. The van der Waals surface area contributed by atoms with Gasteiger partial charge >= 0.3 is 7.82 Å². The Morgan fingerprint density at radius 3 is 2.62 bits per heavy atom. The average molecular weight is 208 g/mol. The number of hydrogen-bond acceptors (Lipinski definition) is 3. The third-order valence-corrected chi connectivity index (χ3v) is 2.74. The fourth-order valence-electron chi connectivity index (χ4n) is 1.48. The second kappa shape index (κ2) is 3.88. The summed E-state index contributed by atoms with van der Waals surface area (Å²) in [5.74, 6) is -0.00383. The van der Waals surface area contributed by atoms with Crippen LogP contribution < -0.4 is 0 Å². The molecule has 1 aliphatic carbocycles. The molecule has 1 rings (SSSR count). The highest BCUT2D eigenvalue weighted by Gasteiger charge is 2.30. The number of Topliss-reactive ketones (excluding diaryl/α,β-unsaturated/α-hetero) is 1. The van der Waals surface area contributed by atoms with Crippen LogP contribution in [0.3, 0.4) is 0 Å². The molecule has 0 bridgehead atoms. The third kappa shape index (κ3) is 3.56. The maximum Gasteiger partial charge on any atom is 0.469 e. The number of ketones is 1. The first-order valence-electron chi connectivity index (χ1n) is 4.15. The van der Waals surface area contributed by atoms with Gasteiger partial charge in [-0.05, 0) is 12.8 Å². The van der Waals surface area contributed by atoms with Crippen LogP contribution in [0.2, 0.25) is 0 Å². The van der Waals surface area contributed by atoms with Gasteiger partial charge in [-0.3, -0.25) is 9.32 Å². The lowest BCUT2D eigenvalue weighted by atomic mass is 9.88. The van der Waals surface area contributed by atoms with E-state index in [0.29, 0.717) is 19.3 Å².